The van der Waals surface area contributed by atoms with Crippen molar-refractivity contribution < 1.29 is 9.90 Å². The van der Waals surface area contributed by atoms with Crippen LogP contribution >= 0.6 is 11.3 Å². The number of aliphatic carboxylic acids is 1. The third kappa shape index (κ3) is 2.91. The zero-order chi connectivity index (χ0) is 12.3. The second-order valence-corrected chi connectivity index (χ2v) is 4.86. The highest BCUT2D eigenvalue weighted by atomic mass is 32.1. The summed E-state index contributed by atoms with van der Waals surface area (Å²) < 4.78 is 0. The molecular weight excluding hydrogens is 234 g/mol. The molecule has 0 radical (unpaired) electrons. The van der Waals surface area contributed by atoms with Gasteiger partial charge in [-0.1, -0.05) is 29.8 Å². The Morgan fingerprint density at radius 1 is 1.41 bits per heavy atom. The number of carbonyl (C=O) groups is 1. The zero-order valence-electron chi connectivity index (χ0n) is 9.46. The fourth-order valence-corrected chi connectivity index (χ4v) is 2.49. The Bertz CT molecular complexity index is 491. The molecule has 1 unspecified atom stereocenters. The van der Waals surface area contributed by atoms with Crippen molar-refractivity contribution in [3.8, 4) is 0 Å². The van der Waals surface area contributed by atoms with E-state index in [0.717, 1.165) is 10.6 Å². The number of rotatable bonds is 4. The molecule has 88 valence electrons. The van der Waals surface area contributed by atoms with Crippen LogP contribution in [0.15, 0.2) is 35.8 Å². The summed E-state index contributed by atoms with van der Waals surface area (Å²) in [4.78, 5) is 15.1. The molecule has 1 atom stereocenters. The van der Waals surface area contributed by atoms with Crippen LogP contribution in [0.3, 0.4) is 0 Å². The van der Waals surface area contributed by atoms with Crippen molar-refractivity contribution in [2.45, 2.75) is 19.3 Å². The monoisotopic (exact) mass is 247 g/mol. The topological polar surface area (TPSA) is 50.2 Å². The molecule has 1 aromatic heterocycles. The van der Waals surface area contributed by atoms with Crippen molar-refractivity contribution in [2.24, 2.45) is 0 Å². The second-order valence-electron chi connectivity index (χ2n) is 3.93. The van der Waals surface area contributed by atoms with E-state index in [-0.39, 0.29) is 12.3 Å². The average molecular weight is 247 g/mol. The fourth-order valence-electron chi connectivity index (χ4n) is 1.73. The van der Waals surface area contributed by atoms with Crippen LogP contribution < -0.4 is 0 Å². The molecule has 2 aromatic rings. The SMILES string of the molecule is Cc1ccc(C(CC(=O)O)c2nccs2)cc1. The summed E-state index contributed by atoms with van der Waals surface area (Å²) in [5, 5.41) is 11.7. The highest BCUT2D eigenvalue weighted by Crippen LogP contribution is 2.29. The molecule has 3 nitrogen and oxygen atoms in total. The Hall–Kier alpha value is -1.68. The lowest BCUT2D eigenvalue weighted by atomic mass is 9.95. The molecule has 0 bridgehead atoms. The van der Waals surface area contributed by atoms with E-state index in [1.54, 1.807) is 6.20 Å². The molecule has 1 N–H and O–H groups in total. The van der Waals surface area contributed by atoms with E-state index in [0.29, 0.717) is 0 Å². The number of hydrogen-bond donors (Lipinski definition) is 1. The van der Waals surface area contributed by atoms with Gasteiger partial charge in [-0.3, -0.25) is 4.79 Å². The van der Waals surface area contributed by atoms with Crippen LogP contribution in [0.4, 0.5) is 0 Å². The molecule has 0 saturated carbocycles. The molecule has 0 saturated heterocycles. The van der Waals surface area contributed by atoms with Crippen LogP contribution in [0.25, 0.3) is 0 Å². The summed E-state index contributed by atoms with van der Waals surface area (Å²) in [6, 6.07) is 7.95. The van der Waals surface area contributed by atoms with Gasteiger partial charge >= 0.3 is 5.97 Å². The van der Waals surface area contributed by atoms with Gasteiger partial charge in [-0.2, -0.15) is 0 Å². The minimum atomic E-state index is -0.800. The van der Waals surface area contributed by atoms with Crippen LogP contribution in [-0.4, -0.2) is 16.1 Å². The largest absolute Gasteiger partial charge is 0.481 e. The molecule has 0 aliphatic rings. The highest BCUT2D eigenvalue weighted by Gasteiger charge is 2.19. The quantitative estimate of drug-likeness (QED) is 0.903. The number of hydrogen-bond acceptors (Lipinski definition) is 3. The molecule has 0 aliphatic heterocycles. The van der Waals surface area contributed by atoms with Gasteiger partial charge < -0.3 is 5.11 Å². The summed E-state index contributed by atoms with van der Waals surface area (Å²) in [7, 11) is 0. The van der Waals surface area contributed by atoms with Crippen molar-refractivity contribution in [1.29, 1.82) is 0 Å². The lowest BCUT2D eigenvalue weighted by Crippen LogP contribution is -2.07. The van der Waals surface area contributed by atoms with Gasteiger partial charge in [0.05, 0.1) is 6.42 Å². The summed E-state index contributed by atoms with van der Waals surface area (Å²) in [6.07, 6.45) is 1.79. The van der Waals surface area contributed by atoms with Gasteiger partial charge in [-0.25, -0.2) is 4.98 Å². The van der Waals surface area contributed by atoms with Crippen molar-refractivity contribution >= 4 is 17.3 Å². The minimum absolute atomic E-state index is 0.0799. The first-order chi connectivity index (χ1) is 8.16. The predicted molar refractivity (Wildman–Crippen MR) is 67.4 cm³/mol. The summed E-state index contributed by atoms with van der Waals surface area (Å²) in [5.74, 6) is -0.945. The lowest BCUT2D eigenvalue weighted by Gasteiger charge is -2.12. The Labute approximate surface area is 104 Å². The molecule has 0 fully saturated rings. The number of benzene rings is 1. The summed E-state index contributed by atoms with van der Waals surface area (Å²) in [6.45, 7) is 2.01. The molecule has 2 rings (SSSR count). The van der Waals surface area contributed by atoms with E-state index in [1.807, 2.05) is 36.6 Å². The standard InChI is InChI=1S/C13H13NO2S/c1-9-2-4-10(5-3-9)11(8-12(15)16)13-14-6-7-17-13/h2-7,11H,8H2,1H3,(H,15,16). The van der Waals surface area contributed by atoms with Gasteiger partial charge in [-0.05, 0) is 12.5 Å². The van der Waals surface area contributed by atoms with Crippen LogP contribution in [0.5, 0.6) is 0 Å². The third-order valence-corrected chi connectivity index (χ3v) is 3.50. The van der Waals surface area contributed by atoms with E-state index >= 15 is 0 Å². The molecular formula is C13H13NO2S. The van der Waals surface area contributed by atoms with E-state index in [2.05, 4.69) is 4.98 Å². The number of aromatic nitrogens is 1. The molecule has 1 aromatic carbocycles. The van der Waals surface area contributed by atoms with E-state index in [9.17, 15) is 4.79 Å². The first-order valence-corrected chi connectivity index (χ1v) is 6.22. The number of carboxylic acids is 1. The van der Waals surface area contributed by atoms with Gasteiger partial charge in [0.2, 0.25) is 0 Å². The molecule has 17 heavy (non-hydrogen) atoms. The number of nitrogens with zero attached hydrogens (tertiary/aromatic N) is 1. The van der Waals surface area contributed by atoms with Crippen LogP contribution in [0, 0.1) is 6.92 Å². The normalized spacial score (nSPS) is 12.3. The smallest absolute Gasteiger partial charge is 0.304 e. The maximum atomic E-state index is 10.9. The fraction of sp³-hybridized carbons (Fsp3) is 0.231. The predicted octanol–water partition coefficient (Wildman–Crippen LogP) is 3.06. The first-order valence-electron chi connectivity index (χ1n) is 5.34. The molecule has 0 spiro atoms. The van der Waals surface area contributed by atoms with Crippen LogP contribution in [-0.2, 0) is 4.79 Å². The molecule has 0 aliphatic carbocycles. The molecule has 4 heteroatoms. The van der Waals surface area contributed by atoms with Gasteiger partial charge in [0.15, 0.2) is 0 Å². The summed E-state index contributed by atoms with van der Waals surface area (Å²) >= 11 is 1.50. The second kappa shape index (κ2) is 5.10. The minimum Gasteiger partial charge on any atom is -0.481 e. The van der Waals surface area contributed by atoms with Gasteiger partial charge in [0.1, 0.15) is 5.01 Å². The molecule has 0 amide bonds. The molecule has 1 heterocycles. The Morgan fingerprint density at radius 3 is 2.65 bits per heavy atom. The first kappa shape index (κ1) is 11.8. The maximum Gasteiger partial charge on any atom is 0.304 e. The van der Waals surface area contributed by atoms with E-state index in [1.165, 1.54) is 16.9 Å². The van der Waals surface area contributed by atoms with Gasteiger partial charge in [-0.15, -0.1) is 11.3 Å². The van der Waals surface area contributed by atoms with Crippen molar-refractivity contribution in [3.63, 3.8) is 0 Å². The number of carboxylic acid groups (broad SMARTS) is 1. The van der Waals surface area contributed by atoms with Gasteiger partial charge in [0, 0.05) is 17.5 Å². The maximum absolute atomic E-state index is 10.9. The van der Waals surface area contributed by atoms with E-state index < -0.39 is 5.97 Å². The lowest BCUT2D eigenvalue weighted by molar-refractivity contribution is -0.137. The number of aryl methyl sites for hydroxylation is 1. The Kier molecular flexibility index (Phi) is 3.54. The van der Waals surface area contributed by atoms with Crippen molar-refractivity contribution in [2.75, 3.05) is 0 Å². The highest BCUT2D eigenvalue weighted by molar-refractivity contribution is 7.09. The summed E-state index contributed by atoms with van der Waals surface area (Å²) in [5.41, 5.74) is 2.18. The van der Waals surface area contributed by atoms with Crippen LogP contribution in [0.1, 0.15) is 28.5 Å². The van der Waals surface area contributed by atoms with Gasteiger partial charge in [0.25, 0.3) is 0 Å². The third-order valence-electron chi connectivity index (χ3n) is 2.61. The number of thiazole rings is 1. The zero-order valence-corrected chi connectivity index (χ0v) is 10.3. The van der Waals surface area contributed by atoms with E-state index in [4.69, 9.17) is 5.11 Å². The van der Waals surface area contributed by atoms with Crippen molar-refractivity contribution in [1.82, 2.24) is 4.98 Å². The Morgan fingerprint density at radius 2 is 2.12 bits per heavy atom. The Balaban J connectivity index is 2.33. The van der Waals surface area contributed by atoms with Crippen LogP contribution in [0.2, 0.25) is 0 Å². The van der Waals surface area contributed by atoms with Crippen molar-refractivity contribution in [3.05, 3.63) is 52.0 Å². The average Bonchev–Trinajstić information content (AvgIpc) is 2.80.